The van der Waals surface area contributed by atoms with Crippen LogP contribution in [0.4, 0.5) is 10.5 Å². The number of carbonyl (C=O) groups excluding carboxylic acids is 1. The molecular weight excluding hydrogens is 298 g/mol. The molecule has 0 aliphatic heterocycles. The number of urea groups is 1. The zero-order valence-corrected chi connectivity index (χ0v) is 12.1. The smallest absolute Gasteiger partial charge is 0.341 e. The van der Waals surface area contributed by atoms with Gasteiger partial charge < -0.3 is 15.2 Å². The largest absolute Gasteiger partial charge is 0.481 e. The summed E-state index contributed by atoms with van der Waals surface area (Å²) in [7, 11) is 0. The van der Waals surface area contributed by atoms with Gasteiger partial charge in [-0.05, 0) is 24.3 Å². The number of benzene rings is 2. The summed E-state index contributed by atoms with van der Waals surface area (Å²) >= 11 is 0. The number of carboxylic acids is 1. The number of hydrogen-bond acceptors (Lipinski definition) is 4. The number of carbonyl (C=O) groups is 2. The van der Waals surface area contributed by atoms with Crippen LogP contribution in [0.25, 0.3) is 0 Å². The Bertz CT molecular complexity index is 701. The number of nitrogens with zero attached hydrogens (tertiary/aromatic N) is 1. The van der Waals surface area contributed by atoms with E-state index in [-0.39, 0.29) is 0 Å². The Morgan fingerprint density at radius 1 is 1.09 bits per heavy atom. The maximum Gasteiger partial charge on any atom is 0.341 e. The summed E-state index contributed by atoms with van der Waals surface area (Å²) < 4.78 is 5.13. The van der Waals surface area contributed by atoms with E-state index in [1.165, 1.54) is 6.21 Å². The average Bonchev–Trinajstić information content (AvgIpc) is 2.55. The van der Waals surface area contributed by atoms with Crippen molar-refractivity contribution in [2.75, 3.05) is 11.9 Å². The highest BCUT2D eigenvalue weighted by molar-refractivity contribution is 5.90. The van der Waals surface area contributed by atoms with Crippen molar-refractivity contribution in [2.45, 2.75) is 0 Å². The summed E-state index contributed by atoms with van der Waals surface area (Å²) in [4.78, 5) is 22.2. The van der Waals surface area contributed by atoms with Gasteiger partial charge >= 0.3 is 12.0 Å². The van der Waals surface area contributed by atoms with E-state index in [1.807, 2.05) is 6.07 Å². The Balaban J connectivity index is 1.92. The Morgan fingerprint density at radius 2 is 1.78 bits per heavy atom. The van der Waals surface area contributed by atoms with E-state index in [0.29, 0.717) is 17.0 Å². The third-order valence-corrected chi connectivity index (χ3v) is 2.67. The zero-order chi connectivity index (χ0) is 16.5. The molecule has 0 aromatic heterocycles. The van der Waals surface area contributed by atoms with Crippen LogP contribution in [-0.2, 0) is 4.79 Å². The Hall–Kier alpha value is -3.35. The number of aliphatic carboxylic acids is 1. The molecule has 0 heterocycles. The Morgan fingerprint density at radius 3 is 2.52 bits per heavy atom. The van der Waals surface area contributed by atoms with Crippen LogP contribution in [0, 0.1) is 0 Å². The van der Waals surface area contributed by atoms with Crippen molar-refractivity contribution in [1.82, 2.24) is 5.43 Å². The molecule has 0 bridgehead atoms. The monoisotopic (exact) mass is 313 g/mol. The molecule has 7 nitrogen and oxygen atoms in total. The van der Waals surface area contributed by atoms with Gasteiger partial charge in [-0.3, -0.25) is 0 Å². The van der Waals surface area contributed by atoms with Crippen LogP contribution in [0.3, 0.4) is 0 Å². The average molecular weight is 313 g/mol. The Kier molecular flexibility index (Phi) is 5.70. The van der Waals surface area contributed by atoms with Gasteiger partial charge in [0.25, 0.3) is 0 Å². The summed E-state index contributed by atoms with van der Waals surface area (Å²) in [6.45, 7) is -0.452. The molecule has 118 valence electrons. The Labute approximate surface area is 132 Å². The van der Waals surface area contributed by atoms with Crippen LogP contribution in [0.5, 0.6) is 5.75 Å². The number of hydrazone groups is 1. The van der Waals surface area contributed by atoms with Crippen molar-refractivity contribution in [3.8, 4) is 5.75 Å². The van der Waals surface area contributed by atoms with Gasteiger partial charge in [-0.2, -0.15) is 5.10 Å². The van der Waals surface area contributed by atoms with Gasteiger partial charge in [0.15, 0.2) is 6.61 Å². The molecule has 0 unspecified atom stereocenters. The molecule has 2 rings (SSSR count). The topological polar surface area (TPSA) is 100 Å². The van der Waals surface area contributed by atoms with Crippen molar-refractivity contribution in [1.29, 1.82) is 0 Å². The minimum absolute atomic E-state index is 0.365. The number of amides is 2. The van der Waals surface area contributed by atoms with Crippen LogP contribution in [0.1, 0.15) is 5.56 Å². The highest BCUT2D eigenvalue weighted by Crippen LogP contribution is 2.15. The van der Waals surface area contributed by atoms with E-state index in [9.17, 15) is 9.59 Å². The van der Waals surface area contributed by atoms with Crippen LogP contribution < -0.4 is 15.5 Å². The first-order chi connectivity index (χ1) is 11.1. The molecule has 23 heavy (non-hydrogen) atoms. The van der Waals surface area contributed by atoms with E-state index >= 15 is 0 Å². The number of hydrogen-bond donors (Lipinski definition) is 3. The number of anilines is 1. The summed E-state index contributed by atoms with van der Waals surface area (Å²) in [5.41, 5.74) is 3.51. The highest BCUT2D eigenvalue weighted by Gasteiger charge is 2.04. The molecule has 0 saturated heterocycles. The maximum absolute atomic E-state index is 11.7. The van der Waals surface area contributed by atoms with Crippen molar-refractivity contribution in [2.24, 2.45) is 5.10 Å². The standard InChI is InChI=1S/C16H15N3O4/c20-15(21)11-23-14-9-5-4-6-12(14)10-17-19-16(22)18-13-7-2-1-3-8-13/h1-10H,11H2,(H,20,21)(H2,18,19,22)/b17-10+. The van der Waals surface area contributed by atoms with E-state index in [1.54, 1.807) is 48.5 Å². The van der Waals surface area contributed by atoms with Gasteiger partial charge in [-0.1, -0.05) is 30.3 Å². The van der Waals surface area contributed by atoms with E-state index in [4.69, 9.17) is 9.84 Å². The summed E-state index contributed by atoms with van der Waals surface area (Å²) in [5.74, 6) is -0.707. The van der Waals surface area contributed by atoms with E-state index in [0.717, 1.165) is 0 Å². The second kappa shape index (κ2) is 8.18. The lowest BCUT2D eigenvalue weighted by molar-refractivity contribution is -0.139. The number of para-hydroxylation sites is 2. The van der Waals surface area contributed by atoms with Gasteiger partial charge in [-0.25, -0.2) is 15.0 Å². The maximum atomic E-state index is 11.7. The predicted molar refractivity (Wildman–Crippen MR) is 85.8 cm³/mol. The van der Waals surface area contributed by atoms with Gasteiger partial charge in [0.2, 0.25) is 0 Å². The minimum atomic E-state index is -1.07. The molecule has 2 aromatic carbocycles. The summed E-state index contributed by atoms with van der Waals surface area (Å²) in [6, 6.07) is 15.2. The normalized spacial score (nSPS) is 10.3. The van der Waals surface area contributed by atoms with Crippen LogP contribution in [-0.4, -0.2) is 29.9 Å². The molecule has 0 aliphatic carbocycles. The molecule has 0 fully saturated rings. The van der Waals surface area contributed by atoms with Crippen molar-refractivity contribution >= 4 is 23.9 Å². The number of carboxylic acid groups (broad SMARTS) is 1. The third kappa shape index (κ3) is 5.50. The first-order valence-electron chi connectivity index (χ1n) is 6.74. The second-order valence-electron chi connectivity index (χ2n) is 4.41. The second-order valence-corrected chi connectivity index (χ2v) is 4.41. The quantitative estimate of drug-likeness (QED) is 0.563. The molecule has 2 amide bonds. The molecular formula is C16H15N3O4. The van der Waals surface area contributed by atoms with Crippen molar-refractivity contribution < 1.29 is 19.4 Å². The lowest BCUT2D eigenvalue weighted by Gasteiger charge is -2.06. The number of rotatable bonds is 6. The molecule has 7 heteroatoms. The molecule has 2 aromatic rings. The first-order valence-corrected chi connectivity index (χ1v) is 6.74. The predicted octanol–water partition coefficient (Wildman–Crippen LogP) is 2.31. The molecule has 0 atom stereocenters. The summed E-state index contributed by atoms with van der Waals surface area (Å²) in [5, 5.41) is 15.1. The molecule has 0 saturated carbocycles. The van der Waals surface area contributed by atoms with Gasteiger partial charge in [0, 0.05) is 11.3 Å². The molecule has 0 radical (unpaired) electrons. The van der Waals surface area contributed by atoms with Gasteiger partial charge in [0.1, 0.15) is 5.75 Å². The molecule has 3 N–H and O–H groups in total. The highest BCUT2D eigenvalue weighted by atomic mass is 16.5. The van der Waals surface area contributed by atoms with Crippen molar-refractivity contribution in [3.63, 3.8) is 0 Å². The first kappa shape index (κ1) is 16.0. The fourth-order valence-electron chi connectivity index (χ4n) is 1.70. The lowest BCUT2D eigenvalue weighted by atomic mass is 10.2. The van der Waals surface area contributed by atoms with Crippen molar-refractivity contribution in [3.05, 3.63) is 60.2 Å². The number of nitrogens with one attached hydrogen (secondary N) is 2. The van der Waals surface area contributed by atoms with Crippen LogP contribution >= 0.6 is 0 Å². The van der Waals surface area contributed by atoms with Gasteiger partial charge in [-0.15, -0.1) is 0 Å². The third-order valence-electron chi connectivity index (χ3n) is 2.67. The minimum Gasteiger partial charge on any atom is -0.481 e. The van der Waals surface area contributed by atoms with Crippen LogP contribution in [0.15, 0.2) is 59.7 Å². The van der Waals surface area contributed by atoms with E-state index in [2.05, 4.69) is 15.8 Å². The number of ether oxygens (including phenoxy) is 1. The lowest BCUT2D eigenvalue weighted by Crippen LogP contribution is -2.24. The van der Waals surface area contributed by atoms with Crippen LogP contribution in [0.2, 0.25) is 0 Å². The zero-order valence-electron chi connectivity index (χ0n) is 12.1. The fraction of sp³-hybridized carbons (Fsp3) is 0.0625. The van der Waals surface area contributed by atoms with Gasteiger partial charge in [0.05, 0.1) is 6.21 Å². The molecule has 0 spiro atoms. The summed E-state index contributed by atoms with van der Waals surface area (Å²) in [6.07, 6.45) is 1.38. The molecule has 0 aliphatic rings. The fourth-order valence-corrected chi connectivity index (χ4v) is 1.70. The van der Waals surface area contributed by atoms with E-state index < -0.39 is 18.6 Å². The SMILES string of the molecule is O=C(O)COc1ccccc1/C=N/NC(=O)Nc1ccccc1.